The molecule has 1 saturated heterocycles. The van der Waals surface area contributed by atoms with Crippen molar-refractivity contribution in [3.8, 4) is 0 Å². The second kappa shape index (κ2) is 7.59. The Hall–Kier alpha value is -2.03. The van der Waals surface area contributed by atoms with Crippen LogP contribution in [0.4, 0.5) is 19.0 Å². The van der Waals surface area contributed by atoms with Crippen LogP contribution >= 0.6 is 0 Å². The molecule has 9 heteroatoms. The number of H-pyrrole nitrogens is 1. The number of halogens is 3. The van der Waals surface area contributed by atoms with E-state index in [0.29, 0.717) is 18.8 Å². The summed E-state index contributed by atoms with van der Waals surface area (Å²) in [7, 11) is 0. The second-order valence-corrected chi connectivity index (χ2v) is 9.59. The Morgan fingerprint density at radius 3 is 2.67 bits per heavy atom. The molecule has 0 saturated carbocycles. The third kappa shape index (κ3) is 3.96. The van der Waals surface area contributed by atoms with Gasteiger partial charge in [-0.1, -0.05) is 27.7 Å². The van der Waals surface area contributed by atoms with E-state index in [1.54, 1.807) is 0 Å². The first-order valence-corrected chi connectivity index (χ1v) is 10.8. The van der Waals surface area contributed by atoms with E-state index in [0.717, 1.165) is 41.0 Å². The molecule has 0 aliphatic carbocycles. The molecule has 166 valence electrons. The highest BCUT2D eigenvalue weighted by Crippen LogP contribution is 2.42. The number of aromatic amines is 1. The smallest absolute Gasteiger partial charge is 0.367 e. The van der Waals surface area contributed by atoms with E-state index < -0.39 is 12.2 Å². The number of aromatic nitrogens is 4. The zero-order chi connectivity index (χ0) is 21.7. The number of anilines is 1. The highest BCUT2D eigenvalue weighted by atomic mass is 19.4. The van der Waals surface area contributed by atoms with Gasteiger partial charge in [-0.25, -0.2) is 4.68 Å². The lowest BCUT2D eigenvalue weighted by molar-refractivity contribution is -0.173. The number of nitrogens with zero attached hydrogens (tertiary/aromatic N) is 4. The molecule has 4 heterocycles. The molecule has 0 bridgehead atoms. The van der Waals surface area contributed by atoms with Crippen molar-refractivity contribution in [1.82, 2.24) is 24.9 Å². The van der Waals surface area contributed by atoms with Crippen LogP contribution in [0.25, 0.3) is 0 Å². The number of hydrogen-bond donors (Lipinski definition) is 2. The first-order valence-electron chi connectivity index (χ1n) is 10.8. The van der Waals surface area contributed by atoms with Gasteiger partial charge in [0.05, 0.1) is 17.9 Å². The summed E-state index contributed by atoms with van der Waals surface area (Å²) in [5, 5.41) is 15.1. The van der Waals surface area contributed by atoms with E-state index in [1.807, 2.05) is 19.2 Å². The van der Waals surface area contributed by atoms with E-state index in [4.69, 9.17) is 0 Å². The standard InChI is InChI=1S/C21H31F3N6/c1-5-14-9-17(21(22,23)24)30-18(26-14)10-15(28-30)16-7-6-8-29(16)12-13-11-25-27-19(13)20(2,3)4/h10-11,14,16-17,26H,5-9,12H2,1-4H3,(H,25,27)/t14-,16+,17-/m1/s1. The number of likely N-dealkylation sites (tertiary alicyclic amines) is 1. The summed E-state index contributed by atoms with van der Waals surface area (Å²) in [5.41, 5.74) is 2.91. The van der Waals surface area contributed by atoms with Crippen molar-refractivity contribution in [2.75, 3.05) is 11.9 Å². The number of nitrogens with one attached hydrogen (secondary N) is 2. The summed E-state index contributed by atoms with van der Waals surface area (Å²) in [6.07, 6.45) is 0.129. The third-order valence-corrected chi connectivity index (χ3v) is 6.33. The zero-order valence-corrected chi connectivity index (χ0v) is 18.1. The van der Waals surface area contributed by atoms with Crippen LogP contribution in [0.3, 0.4) is 0 Å². The van der Waals surface area contributed by atoms with E-state index in [2.05, 4.69) is 46.3 Å². The summed E-state index contributed by atoms with van der Waals surface area (Å²) in [6, 6.07) is 0.0859. The lowest BCUT2D eigenvalue weighted by Gasteiger charge is -2.32. The molecule has 2 aromatic rings. The fourth-order valence-corrected chi connectivity index (χ4v) is 4.75. The molecule has 2 aromatic heterocycles. The molecule has 0 amide bonds. The Bertz CT molecular complexity index is 878. The lowest BCUT2D eigenvalue weighted by Crippen LogP contribution is -2.38. The van der Waals surface area contributed by atoms with Gasteiger partial charge < -0.3 is 5.32 Å². The topological polar surface area (TPSA) is 61.8 Å². The van der Waals surface area contributed by atoms with Crippen LogP contribution in [0.15, 0.2) is 12.3 Å². The SMILES string of the molecule is CC[C@@H]1C[C@H](C(F)(F)F)n2nc([C@@H]3CCCN3Cc3cn[nH]c3C(C)(C)C)cc2N1. The first-order chi connectivity index (χ1) is 14.1. The van der Waals surface area contributed by atoms with Gasteiger partial charge in [0, 0.05) is 35.3 Å². The van der Waals surface area contributed by atoms with Gasteiger partial charge in [-0.05, 0) is 32.2 Å². The summed E-state index contributed by atoms with van der Waals surface area (Å²) >= 11 is 0. The van der Waals surface area contributed by atoms with Gasteiger partial charge in [-0.3, -0.25) is 10.00 Å². The first kappa shape index (κ1) is 21.2. The molecule has 6 nitrogen and oxygen atoms in total. The van der Waals surface area contributed by atoms with Gasteiger partial charge in [0.25, 0.3) is 0 Å². The van der Waals surface area contributed by atoms with Crippen LogP contribution in [0.5, 0.6) is 0 Å². The number of fused-ring (bicyclic) bond motifs is 1. The predicted molar refractivity (Wildman–Crippen MR) is 109 cm³/mol. The third-order valence-electron chi connectivity index (χ3n) is 6.33. The molecule has 2 N–H and O–H groups in total. The number of hydrogen-bond acceptors (Lipinski definition) is 4. The fourth-order valence-electron chi connectivity index (χ4n) is 4.75. The van der Waals surface area contributed by atoms with Gasteiger partial charge in [0.15, 0.2) is 6.04 Å². The predicted octanol–water partition coefficient (Wildman–Crippen LogP) is 4.94. The summed E-state index contributed by atoms with van der Waals surface area (Å²) in [4.78, 5) is 2.31. The molecular weight excluding hydrogens is 393 g/mol. The molecule has 2 aliphatic rings. The molecule has 2 aliphatic heterocycles. The average Bonchev–Trinajstić information content (AvgIpc) is 3.38. The van der Waals surface area contributed by atoms with E-state index in [9.17, 15) is 13.2 Å². The van der Waals surface area contributed by atoms with Crippen LogP contribution in [0, 0.1) is 0 Å². The summed E-state index contributed by atoms with van der Waals surface area (Å²) in [5.74, 6) is 0.482. The molecule has 3 atom stereocenters. The number of rotatable bonds is 4. The van der Waals surface area contributed by atoms with Crippen LogP contribution in [0.1, 0.15) is 82.4 Å². The molecule has 0 spiro atoms. The Kier molecular flexibility index (Phi) is 5.36. The van der Waals surface area contributed by atoms with Crippen molar-refractivity contribution in [3.63, 3.8) is 0 Å². The van der Waals surface area contributed by atoms with Crippen molar-refractivity contribution in [2.24, 2.45) is 0 Å². The Balaban J connectivity index is 1.60. The second-order valence-electron chi connectivity index (χ2n) is 9.59. The van der Waals surface area contributed by atoms with Gasteiger partial charge in [-0.2, -0.15) is 23.4 Å². The number of alkyl halides is 3. The molecule has 1 fully saturated rings. The zero-order valence-electron chi connectivity index (χ0n) is 18.1. The highest BCUT2D eigenvalue weighted by Gasteiger charge is 2.46. The quantitative estimate of drug-likeness (QED) is 0.730. The van der Waals surface area contributed by atoms with E-state index in [-0.39, 0.29) is 23.9 Å². The largest absolute Gasteiger partial charge is 0.410 e. The Labute approximate surface area is 175 Å². The molecule has 0 unspecified atom stereocenters. The van der Waals surface area contributed by atoms with Crippen molar-refractivity contribution >= 4 is 5.82 Å². The highest BCUT2D eigenvalue weighted by molar-refractivity contribution is 5.42. The fraction of sp³-hybridized carbons (Fsp3) is 0.714. The van der Waals surface area contributed by atoms with Crippen LogP contribution in [-0.2, 0) is 12.0 Å². The minimum Gasteiger partial charge on any atom is -0.367 e. The van der Waals surface area contributed by atoms with Crippen LogP contribution < -0.4 is 5.32 Å². The van der Waals surface area contributed by atoms with Crippen molar-refractivity contribution in [2.45, 2.75) is 89.6 Å². The minimum atomic E-state index is -4.30. The van der Waals surface area contributed by atoms with E-state index >= 15 is 0 Å². The van der Waals surface area contributed by atoms with Gasteiger partial charge >= 0.3 is 6.18 Å². The molecule has 30 heavy (non-hydrogen) atoms. The summed E-state index contributed by atoms with van der Waals surface area (Å²) in [6.45, 7) is 9.94. The average molecular weight is 425 g/mol. The molecular formula is C21H31F3N6. The molecule has 4 rings (SSSR count). The van der Waals surface area contributed by atoms with Crippen LogP contribution in [-0.4, -0.2) is 43.6 Å². The van der Waals surface area contributed by atoms with Gasteiger partial charge in [0.2, 0.25) is 0 Å². The normalized spacial score (nSPS) is 25.4. The maximum atomic E-state index is 13.7. The molecule has 0 aromatic carbocycles. The maximum absolute atomic E-state index is 13.7. The van der Waals surface area contributed by atoms with Gasteiger partial charge in [-0.15, -0.1) is 0 Å². The minimum absolute atomic E-state index is 0.0154. The molecule has 0 radical (unpaired) electrons. The monoisotopic (exact) mass is 424 g/mol. The van der Waals surface area contributed by atoms with Crippen LogP contribution in [0.2, 0.25) is 0 Å². The Morgan fingerprint density at radius 1 is 1.23 bits per heavy atom. The maximum Gasteiger partial charge on any atom is 0.410 e. The van der Waals surface area contributed by atoms with Crippen molar-refractivity contribution in [3.05, 3.63) is 29.2 Å². The summed E-state index contributed by atoms with van der Waals surface area (Å²) < 4.78 is 42.2. The Morgan fingerprint density at radius 2 is 2.00 bits per heavy atom. The van der Waals surface area contributed by atoms with E-state index in [1.165, 1.54) is 0 Å². The van der Waals surface area contributed by atoms with Crippen molar-refractivity contribution < 1.29 is 13.2 Å². The van der Waals surface area contributed by atoms with Crippen molar-refractivity contribution in [1.29, 1.82) is 0 Å². The van der Waals surface area contributed by atoms with Gasteiger partial charge in [0.1, 0.15) is 5.82 Å². The lowest BCUT2D eigenvalue weighted by atomic mass is 9.89.